The highest BCUT2D eigenvalue weighted by Crippen LogP contribution is 2.13. The van der Waals surface area contributed by atoms with Gasteiger partial charge < -0.3 is 9.72 Å². The molecule has 0 amide bonds. The van der Waals surface area contributed by atoms with Gasteiger partial charge in [-0.3, -0.25) is 0 Å². The normalized spacial score (nSPS) is 10.9. The lowest BCUT2D eigenvalue weighted by Gasteiger charge is -1.96. The molecule has 78 valence electrons. The third-order valence-corrected chi connectivity index (χ3v) is 2.00. The molecule has 1 rings (SSSR count). The minimum Gasteiger partial charge on any atom is -0.465 e. The lowest BCUT2D eigenvalue weighted by atomic mass is 10.2. The minimum atomic E-state index is -0.621. The van der Waals surface area contributed by atoms with E-state index in [2.05, 4.69) is 9.72 Å². The zero-order valence-corrected chi connectivity index (χ0v) is 8.92. The molecule has 1 heterocycles. The van der Waals surface area contributed by atoms with Crippen molar-refractivity contribution in [3.63, 3.8) is 0 Å². The number of aromatic nitrogens is 1. The number of methoxy groups -OCH3 is 1. The molecule has 0 aliphatic rings. The van der Waals surface area contributed by atoms with Crippen LogP contribution in [0.5, 0.6) is 0 Å². The van der Waals surface area contributed by atoms with Crippen LogP contribution in [0.2, 0.25) is 0 Å². The van der Waals surface area contributed by atoms with Crippen LogP contribution >= 0.6 is 0 Å². The third-order valence-electron chi connectivity index (χ3n) is 2.00. The molecule has 0 unspecified atom stereocenters. The SMILES string of the molecule is COC(=O)C(C#N)=Cc1[nH]c(C)cc1C. The van der Waals surface area contributed by atoms with Gasteiger partial charge in [0.25, 0.3) is 0 Å². The molecule has 0 aliphatic heterocycles. The van der Waals surface area contributed by atoms with Gasteiger partial charge in [-0.15, -0.1) is 0 Å². The highest BCUT2D eigenvalue weighted by atomic mass is 16.5. The van der Waals surface area contributed by atoms with E-state index in [4.69, 9.17) is 5.26 Å². The molecule has 0 saturated carbocycles. The number of esters is 1. The molecule has 1 N–H and O–H groups in total. The summed E-state index contributed by atoms with van der Waals surface area (Å²) in [7, 11) is 1.25. The van der Waals surface area contributed by atoms with Gasteiger partial charge in [-0.25, -0.2) is 4.79 Å². The summed E-state index contributed by atoms with van der Waals surface area (Å²) in [5.74, 6) is -0.621. The smallest absolute Gasteiger partial charge is 0.348 e. The molecule has 1 aromatic heterocycles. The second-order valence-corrected chi connectivity index (χ2v) is 3.21. The molecular formula is C11H12N2O2. The van der Waals surface area contributed by atoms with Crippen LogP contribution in [0.4, 0.5) is 0 Å². The molecule has 0 fully saturated rings. The molecule has 0 aromatic carbocycles. The molecule has 15 heavy (non-hydrogen) atoms. The average Bonchev–Trinajstić information content (AvgIpc) is 2.52. The summed E-state index contributed by atoms with van der Waals surface area (Å²) < 4.78 is 4.48. The molecular weight excluding hydrogens is 192 g/mol. The van der Waals surface area contributed by atoms with E-state index in [1.54, 1.807) is 6.07 Å². The second kappa shape index (κ2) is 4.47. The summed E-state index contributed by atoms with van der Waals surface area (Å²) in [6, 6.07) is 3.75. The Hall–Kier alpha value is -2.02. The maximum atomic E-state index is 11.1. The monoisotopic (exact) mass is 204 g/mol. The summed E-state index contributed by atoms with van der Waals surface area (Å²) >= 11 is 0. The molecule has 0 aliphatic carbocycles. The third kappa shape index (κ3) is 2.47. The number of hydrogen-bond acceptors (Lipinski definition) is 3. The Morgan fingerprint density at radius 1 is 1.60 bits per heavy atom. The van der Waals surface area contributed by atoms with Gasteiger partial charge >= 0.3 is 5.97 Å². The van der Waals surface area contributed by atoms with Crippen molar-refractivity contribution in [2.24, 2.45) is 0 Å². The summed E-state index contributed by atoms with van der Waals surface area (Å²) in [6.07, 6.45) is 1.49. The van der Waals surface area contributed by atoms with Gasteiger partial charge in [-0.1, -0.05) is 0 Å². The first-order chi connectivity index (χ1) is 7.08. The molecule has 0 bridgehead atoms. The zero-order chi connectivity index (χ0) is 11.4. The van der Waals surface area contributed by atoms with E-state index in [1.807, 2.05) is 19.9 Å². The van der Waals surface area contributed by atoms with Crippen molar-refractivity contribution in [3.8, 4) is 6.07 Å². The van der Waals surface area contributed by atoms with Crippen molar-refractivity contribution in [2.75, 3.05) is 7.11 Å². The fraction of sp³-hybridized carbons (Fsp3) is 0.273. The number of nitrogens with one attached hydrogen (secondary N) is 1. The molecule has 0 atom stereocenters. The van der Waals surface area contributed by atoms with Gasteiger partial charge in [-0.2, -0.15) is 5.26 Å². The second-order valence-electron chi connectivity index (χ2n) is 3.21. The number of rotatable bonds is 2. The Kier molecular flexibility index (Phi) is 3.29. The van der Waals surface area contributed by atoms with Crippen molar-refractivity contribution in [2.45, 2.75) is 13.8 Å². The van der Waals surface area contributed by atoms with Crippen LogP contribution in [0.3, 0.4) is 0 Å². The van der Waals surface area contributed by atoms with Gasteiger partial charge in [0, 0.05) is 11.4 Å². The lowest BCUT2D eigenvalue weighted by Crippen LogP contribution is -2.02. The summed E-state index contributed by atoms with van der Waals surface area (Å²) in [5, 5.41) is 8.75. The fourth-order valence-electron chi connectivity index (χ4n) is 1.29. The number of carbonyl (C=O) groups is 1. The first-order valence-electron chi connectivity index (χ1n) is 4.44. The Morgan fingerprint density at radius 2 is 2.27 bits per heavy atom. The molecule has 1 aromatic rings. The van der Waals surface area contributed by atoms with Crippen LogP contribution in [0, 0.1) is 25.2 Å². The number of H-pyrrole nitrogens is 1. The summed E-state index contributed by atoms with van der Waals surface area (Å²) in [6.45, 7) is 3.82. The predicted molar refractivity (Wildman–Crippen MR) is 55.9 cm³/mol. The van der Waals surface area contributed by atoms with Crippen LogP contribution in [-0.2, 0) is 9.53 Å². The number of hydrogen-bond donors (Lipinski definition) is 1. The summed E-state index contributed by atoms with van der Waals surface area (Å²) in [4.78, 5) is 14.2. The predicted octanol–water partition coefficient (Wildman–Crippen LogP) is 1.71. The Balaban J connectivity index is 3.10. The van der Waals surface area contributed by atoms with E-state index in [9.17, 15) is 4.79 Å². The zero-order valence-electron chi connectivity index (χ0n) is 8.92. The first kappa shape index (κ1) is 11.1. The van der Waals surface area contributed by atoms with Crippen molar-refractivity contribution in [1.82, 2.24) is 4.98 Å². The number of ether oxygens (including phenoxy) is 1. The number of aryl methyl sites for hydroxylation is 2. The maximum Gasteiger partial charge on any atom is 0.348 e. The van der Waals surface area contributed by atoms with E-state index in [1.165, 1.54) is 13.2 Å². The molecule has 0 spiro atoms. The Bertz CT molecular complexity index is 450. The highest BCUT2D eigenvalue weighted by Gasteiger charge is 2.09. The molecule has 0 radical (unpaired) electrons. The van der Waals surface area contributed by atoms with E-state index < -0.39 is 5.97 Å². The topological polar surface area (TPSA) is 65.9 Å². The van der Waals surface area contributed by atoms with Gasteiger partial charge in [-0.05, 0) is 31.6 Å². The Labute approximate surface area is 88.2 Å². The summed E-state index contributed by atoms with van der Waals surface area (Å²) in [5.41, 5.74) is 2.72. The van der Waals surface area contributed by atoms with Gasteiger partial charge in [0.05, 0.1) is 7.11 Å². The van der Waals surface area contributed by atoms with Gasteiger partial charge in [0.1, 0.15) is 11.6 Å². The van der Waals surface area contributed by atoms with Crippen LogP contribution in [-0.4, -0.2) is 18.1 Å². The van der Waals surface area contributed by atoms with E-state index in [0.717, 1.165) is 17.0 Å². The van der Waals surface area contributed by atoms with Crippen LogP contribution in [0.25, 0.3) is 6.08 Å². The number of aromatic amines is 1. The highest BCUT2D eigenvalue weighted by molar-refractivity contribution is 5.97. The largest absolute Gasteiger partial charge is 0.465 e. The van der Waals surface area contributed by atoms with Crippen LogP contribution in [0.15, 0.2) is 11.6 Å². The van der Waals surface area contributed by atoms with Crippen LogP contribution < -0.4 is 0 Å². The average molecular weight is 204 g/mol. The van der Waals surface area contributed by atoms with E-state index in [0.29, 0.717) is 0 Å². The quantitative estimate of drug-likeness (QED) is 0.453. The minimum absolute atomic E-state index is 0.0116. The van der Waals surface area contributed by atoms with Crippen molar-refractivity contribution >= 4 is 12.0 Å². The van der Waals surface area contributed by atoms with Crippen molar-refractivity contribution in [1.29, 1.82) is 5.26 Å². The molecule has 0 saturated heterocycles. The van der Waals surface area contributed by atoms with Crippen molar-refractivity contribution in [3.05, 3.63) is 28.6 Å². The first-order valence-corrected chi connectivity index (χ1v) is 4.44. The van der Waals surface area contributed by atoms with E-state index in [-0.39, 0.29) is 5.57 Å². The van der Waals surface area contributed by atoms with Gasteiger partial charge in [0.2, 0.25) is 0 Å². The number of carbonyl (C=O) groups excluding carboxylic acids is 1. The molecule has 4 nitrogen and oxygen atoms in total. The number of nitriles is 1. The van der Waals surface area contributed by atoms with Crippen molar-refractivity contribution < 1.29 is 9.53 Å². The molecule has 4 heteroatoms. The number of nitrogens with zero attached hydrogens (tertiary/aromatic N) is 1. The lowest BCUT2D eigenvalue weighted by molar-refractivity contribution is -0.135. The van der Waals surface area contributed by atoms with Crippen LogP contribution in [0.1, 0.15) is 17.0 Å². The van der Waals surface area contributed by atoms with E-state index >= 15 is 0 Å². The maximum absolute atomic E-state index is 11.1. The standard InChI is InChI=1S/C11H12N2O2/c1-7-4-8(2)13-10(7)5-9(6-12)11(14)15-3/h4-5,13H,1-3H3. The fourth-order valence-corrected chi connectivity index (χ4v) is 1.29. The Morgan fingerprint density at radius 3 is 2.67 bits per heavy atom. The van der Waals surface area contributed by atoms with Gasteiger partial charge in [0.15, 0.2) is 0 Å².